The Morgan fingerprint density at radius 2 is 1.79 bits per heavy atom. The van der Waals surface area contributed by atoms with Crippen LogP contribution in [0.3, 0.4) is 0 Å². The van der Waals surface area contributed by atoms with Crippen molar-refractivity contribution >= 4 is 57.1 Å². The number of carbonyl (C=O) groups is 1. The van der Waals surface area contributed by atoms with Crippen molar-refractivity contribution in [1.29, 1.82) is 0 Å². The smallest absolute Gasteiger partial charge is 0.271 e. The van der Waals surface area contributed by atoms with Crippen LogP contribution in [0, 0.1) is 3.57 Å². The van der Waals surface area contributed by atoms with Crippen LogP contribution in [0.4, 0.5) is 0 Å². The number of amides is 1. The summed E-state index contributed by atoms with van der Waals surface area (Å²) < 4.78 is 13.0. The lowest BCUT2D eigenvalue weighted by atomic mass is 10.1. The zero-order chi connectivity index (χ0) is 23.9. The Balaban J connectivity index is 1.50. The molecular formula is C27H22ClIN2O3. The SMILES string of the molecule is CCOc1cc(/C=N\NC(=O)c2ccc(Cl)cc2)cc(I)c1OCc1cccc2ccccc12. The summed E-state index contributed by atoms with van der Waals surface area (Å²) in [5.41, 5.74) is 4.89. The molecule has 34 heavy (non-hydrogen) atoms. The predicted molar refractivity (Wildman–Crippen MR) is 145 cm³/mol. The molecule has 0 radical (unpaired) electrons. The number of hydrazone groups is 1. The van der Waals surface area contributed by atoms with Gasteiger partial charge in [0.25, 0.3) is 5.91 Å². The van der Waals surface area contributed by atoms with Gasteiger partial charge in [-0.3, -0.25) is 4.79 Å². The third kappa shape index (κ3) is 5.87. The van der Waals surface area contributed by atoms with Gasteiger partial charge in [0.2, 0.25) is 0 Å². The van der Waals surface area contributed by atoms with E-state index in [2.05, 4.69) is 57.4 Å². The van der Waals surface area contributed by atoms with Crippen molar-refractivity contribution in [2.24, 2.45) is 5.10 Å². The van der Waals surface area contributed by atoms with Gasteiger partial charge in [-0.05, 0) is 87.8 Å². The van der Waals surface area contributed by atoms with Crippen LogP contribution in [0.15, 0.2) is 84.0 Å². The number of hydrogen-bond acceptors (Lipinski definition) is 4. The van der Waals surface area contributed by atoms with Crippen LogP contribution in [0.1, 0.15) is 28.4 Å². The second-order valence-corrected chi connectivity index (χ2v) is 8.99. The van der Waals surface area contributed by atoms with E-state index >= 15 is 0 Å². The van der Waals surface area contributed by atoms with Crippen molar-refractivity contribution in [2.75, 3.05) is 6.61 Å². The van der Waals surface area contributed by atoms with Crippen LogP contribution < -0.4 is 14.9 Å². The number of hydrogen-bond donors (Lipinski definition) is 1. The van der Waals surface area contributed by atoms with Gasteiger partial charge in [0.15, 0.2) is 11.5 Å². The minimum Gasteiger partial charge on any atom is -0.490 e. The van der Waals surface area contributed by atoms with Gasteiger partial charge in [-0.25, -0.2) is 5.43 Å². The Hall–Kier alpha value is -3.10. The number of carbonyl (C=O) groups excluding carboxylic acids is 1. The van der Waals surface area contributed by atoms with E-state index in [9.17, 15) is 4.79 Å². The van der Waals surface area contributed by atoms with E-state index in [0.717, 1.165) is 20.1 Å². The molecule has 1 N–H and O–H groups in total. The van der Waals surface area contributed by atoms with Gasteiger partial charge in [-0.2, -0.15) is 5.10 Å². The van der Waals surface area contributed by atoms with E-state index in [0.29, 0.717) is 35.3 Å². The normalized spacial score (nSPS) is 11.0. The molecule has 4 rings (SSSR count). The molecule has 5 nitrogen and oxygen atoms in total. The molecular weight excluding hydrogens is 563 g/mol. The summed E-state index contributed by atoms with van der Waals surface area (Å²) in [6.07, 6.45) is 1.58. The molecule has 0 saturated carbocycles. The molecule has 0 atom stereocenters. The molecule has 0 aliphatic heterocycles. The third-order valence-corrected chi connectivity index (χ3v) is 6.12. The topological polar surface area (TPSA) is 59.9 Å². The summed E-state index contributed by atoms with van der Waals surface area (Å²) in [6, 6.07) is 24.8. The van der Waals surface area contributed by atoms with Gasteiger partial charge in [0, 0.05) is 10.6 Å². The van der Waals surface area contributed by atoms with E-state index in [1.54, 1.807) is 30.5 Å². The first kappa shape index (κ1) is 24.0. The van der Waals surface area contributed by atoms with Gasteiger partial charge in [-0.1, -0.05) is 54.1 Å². The lowest BCUT2D eigenvalue weighted by Gasteiger charge is -2.15. The van der Waals surface area contributed by atoms with Crippen molar-refractivity contribution in [3.8, 4) is 11.5 Å². The van der Waals surface area contributed by atoms with Gasteiger partial charge >= 0.3 is 0 Å². The summed E-state index contributed by atoms with van der Waals surface area (Å²) in [6.45, 7) is 2.84. The number of nitrogens with one attached hydrogen (secondary N) is 1. The van der Waals surface area contributed by atoms with Gasteiger partial charge < -0.3 is 9.47 Å². The summed E-state index contributed by atoms with van der Waals surface area (Å²) in [5.74, 6) is 0.987. The number of benzene rings is 4. The van der Waals surface area contributed by atoms with Crippen LogP contribution in [-0.4, -0.2) is 18.7 Å². The molecule has 0 saturated heterocycles. The van der Waals surface area contributed by atoms with Gasteiger partial charge in [-0.15, -0.1) is 0 Å². The van der Waals surface area contributed by atoms with Crippen molar-refractivity contribution in [1.82, 2.24) is 5.43 Å². The van der Waals surface area contributed by atoms with Crippen molar-refractivity contribution < 1.29 is 14.3 Å². The number of fused-ring (bicyclic) bond motifs is 1. The molecule has 0 spiro atoms. The molecule has 0 aliphatic rings. The highest BCUT2D eigenvalue weighted by Crippen LogP contribution is 2.35. The second-order valence-electron chi connectivity index (χ2n) is 7.40. The van der Waals surface area contributed by atoms with E-state index < -0.39 is 0 Å². The van der Waals surface area contributed by atoms with E-state index in [1.807, 2.05) is 37.3 Å². The third-order valence-electron chi connectivity index (χ3n) is 5.07. The summed E-state index contributed by atoms with van der Waals surface area (Å²) >= 11 is 8.09. The molecule has 172 valence electrons. The van der Waals surface area contributed by atoms with Crippen LogP contribution >= 0.6 is 34.2 Å². The number of halogens is 2. The minimum absolute atomic E-state index is 0.317. The Morgan fingerprint density at radius 3 is 2.59 bits per heavy atom. The fourth-order valence-corrected chi connectivity index (χ4v) is 4.37. The van der Waals surface area contributed by atoms with Crippen LogP contribution in [0.2, 0.25) is 5.02 Å². The maximum absolute atomic E-state index is 12.2. The highest BCUT2D eigenvalue weighted by Gasteiger charge is 2.13. The van der Waals surface area contributed by atoms with Crippen LogP contribution in [0.25, 0.3) is 10.8 Å². The molecule has 0 fully saturated rings. The zero-order valence-electron chi connectivity index (χ0n) is 18.4. The fourth-order valence-electron chi connectivity index (χ4n) is 3.47. The second kappa shape index (κ2) is 11.4. The Bertz CT molecular complexity index is 1330. The summed E-state index contributed by atoms with van der Waals surface area (Å²) in [4.78, 5) is 12.2. The molecule has 4 aromatic carbocycles. The van der Waals surface area contributed by atoms with E-state index in [4.69, 9.17) is 21.1 Å². The van der Waals surface area contributed by atoms with Crippen LogP contribution in [0.5, 0.6) is 11.5 Å². The van der Waals surface area contributed by atoms with E-state index in [-0.39, 0.29) is 5.91 Å². The molecule has 4 aromatic rings. The van der Waals surface area contributed by atoms with Gasteiger partial charge in [0.1, 0.15) is 6.61 Å². The Labute approximate surface area is 216 Å². The van der Waals surface area contributed by atoms with Crippen molar-refractivity contribution in [2.45, 2.75) is 13.5 Å². The first-order chi connectivity index (χ1) is 16.5. The molecule has 0 aliphatic carbocycles. The average Bonchev–Trinajstić information content (AvgIpc) is 2.84. The van der Waals surface area contributed by atoms with Crippen LogP contribution in [-0.2, 0) is 6.61 Å². The molecule has 7 heteroatoms. The number of nitrogens with zero attached hydrogens (tertiary/aromatic N) is 1. The summed E-state index contributed by atoms with van der Waals surface area (Å²) in [5, 5.41) is 6.99. The van der Waals surface area contributed by atoms with E-state index in [1.165, 1.54) is 5.39 Å². The van der Waals surface area contributed by atoms with Crippen molar-refractivity contribution in [3.63, 3.8) is 0 Å². The molecule has 0 bridgehead atoms. The molecule has 0 heterocycles. The summed E-state index contributed by atoms with van der Waals surface area (Å²) in [7, 11) is 0. The Morgan fingerprint density at radius 1 is 1.03 bits per heavy atom. The average molecular weight is 585 g/mol. The Kier molecular flexibility index (Phi) is 8.03. The molecule has 1 amide bonds. The van der Waals surface area contributed by atoms with Gasteiger partial charge in [0.05, 0.1) is 16.4 Å². The lowest BCUT2D eigenvalue weighted by molar-refractivity contribution is 0.0955. The predicted octanol–water partition coefficient (Wildman–Crippen LogP) is 6.84. The molecule has 0 unspecified atom stereocenters. The van der Waals surface area contributed by atoms with Crippen molar-refractivity contribution in [3.05, 3.63) is 104 Å². The maximum atomic E-state index is 12.2. The quantitative estimate of drug-likeness (QED) is 0.140. The standard InChI is InChI=1S/C27H22ClIN2O3/c1-2-33-25-15-18(16-30-31-27(32)20-10-12-22(28)13-11-20)14-24(29)26(25)34-17-21-8-5-7-19-6-3-4-9-23(19)21/h3-16H,2,17H2,1H3,(H,31,32)/b30-16-. The highest BCUT2D eigenvalue weighted by atomic mass is 127. The first-order valence-corrected chi connectivity index (χ1v) is 12.2. The monoisotopic (exact) mass is 584 g/mol. The number of rotatable bonds is 8. The molecule has 0 aromatic heterocycles. The lowest BCUT2D eigenvalue weighted by Crippen LogP contribution is -2.17. The number of ether oxygens (including phenoxy) is 2. The largest absolute Gasteiger partial charge is 0.490 e. The first-order valence-electron chi connectivity index (χ1n) is 10.7. The maximum Gasteiger partial charge on any atom is 0.271 e. The highest BCUT2D eigenvalue weighted by molar-refractivity contribution is 14.1. The minimum atomic E-state index is -0.317. The fraction of sp³-hybridized carbons (Fsp3) is 0.111. The zero-order valence-corrected chi connectivity index (χ0v) is 21.3.